The average molecular weight is 612 g/mol. The molecule has 0 radical (unpaired) electrons. The van der Waals surface area contributed by atoms with Crippen LogP contribution in [0.15, 0.2) is 61.3 Å². The summed E-state index contributed by atoms with van der Waals surface area (Å²) in [7, 11) is 0. The number of nitrogens with zero attached hydrogens (tertiary/aromatic N) is 5. The Kier molecular flexibility index (Phi) is 9.02. The van der Waals surface area contributed by atoms with Crippen LogP contribution in [0, 0.1) is 5.41 Å². The second-order valence-electron chi connectivity index (χ2n) is 13.1. The predicted octanol–water partition coefficient (Wildman–Crippen LogP) is 4.55. The molecule has 0 bridgehead atoms. The standard InChI is InChI=1S/C34H45N9O2/c1-4-16-36-31(44)27-21-37-32(41-30(27)40-29-7-5-6-28(39-29)33(2,3)35)38-24-8-10-25(11-9-24)42-17-12-34(13-18-42)14-19-43(20-15-34)26-22-45-23-26/h4-11,21,26H,1,12-20,22-23,35H2,2-3H3,(H,36,44)(H2,37,38,39,40,41). The lowest BCUT2D eigenvalue weighted by molar-refractivity contribution is -0.0834. The zero-order valence-corrected chi connectivity index (χ0v) is 26.4. The van der Waals surface area contributed by atoms with E-state index in [1.54, 1.807) is 6.08 Å². The SMILES string of the molecule is C=CCNC(=O)c1cnc(Nc2ccc(N3CCC4(CC3)CCN(C3COC3)CC4)cc2)nc1Nc1cccc(C(C)(C)N)n1. The van der Waals surface area contributed by atoms with Gasteiger partial charge in [-0.15, -0.1) is 6.58 Å². The fraction of sp³-hybridized carbons (Fsp3) is 0.471. The maximum Gasteiger partial charge on any atom is 0.256 e. The second-order valence-corrected chi connectivity index (χ2v) is 13.1. The first-order chi connectivity index (χ1) is 21.7. The summed E-state index contributed by atoms with van der Waals surface area (Å²) in [5, 5.41) is 9.29. The van der Waals surface area contributed by atoms with E-state index >= 15 is 0 Å². The normalized spacial score (nSPS) is 18.7. The van der Waals surface area contributed by atoms with Gasteiger partial charge in [-0.05, 0) is 94.4 Å². The number of amides is 1. The van der Waals surface area contributed by atoms with Gasteiger partial charge in [0.05, 0.1) is 30.5 Å². The van der Waals surface area contributed by atoms with Crippen LogP contribution in [-0.2, 0) is 10.3 Å². The third-order valence-electron chi connectivity index (χ3n) is 9.40. The Bertz CT molecular complexity index is 1480. The zero-order valence-electron chi connectivity index (χ0n) is 26.4. The van der Waals surface area contributed by atoms with E-state index in [1.165, 1.54) is 50.7 Å². The van der Waals surface area contributed by atoms with Gasteiger partial charge in [0.1, 0.15) is 17.2 Å². The van der Waals surface area contributed by atoms with Crippen molar-refractivity contribution in [2.75, 3.05) is 61.5 Å². The third-order valence-corrected chi connectivity index (χ3v) is 9.40. The summed E-state index contributed by atoms with van der Waals surface area (Å²) >= 11 is 0. The summed E-state index contributed by atoms with van der Waals surface area (Å²) < 4.78 is 5.41. The molecule has 45 heavy (non-hydrogen) atoms. The molecular formula is C34H45N9O2. The molecule has 5 heterocycles. The number of nitrogens with two attached hydrogens (primary N) is 1. The fourth-order valence-electron chi connectivity index (χ4n) is 6.37. The van der Waals surface area contributed by atoms with E-state index in [1.807, 2.05) is 32.0 Å². The molecule has 0 unspecified atom stereocenters. The Morgan fingerprint density at radius 2 is 1.76 bits per heavy atom. The summed E-state index contributed by atoms with van der Waals surface area (Å²) in [4.78, 5) is 31.8. The van der Waals surface area contributed by atoms with Crippen molar-refractivity contribution in [3.05, 3.63) is 72.6 Å². The van der Waals surface area contributed by atoms with Crippen molar-refractivity contribution in [2.45, 2.75) is 51.1 Å². The van der Waals surface area contributed by atoms with Gasteiger partial charge in [-0.1, -0.05) is 12.1 Å². The maximum absolute atomic E-state index is 12.9. The number of hydrogen-bond donors (Lipinski definition) is 4. The number of ether oxygens (including phenoxy) is 1. The number of carbonyl (C=O) groups excluding carboxylic acids is 1. The Hall–Kier alpha value is -4.06. The topological polar surface area (TPSA) is 134 Å². The van der Waals surface area contributed by atoms with Gasteiger partial charge in [0.15, 0.2) is 0 Å². The van der Waals surface area contributed by atoms with E-state index in [-0.39, 0.29) is 5.91 Å². The van der Waals surface area contributed by atoms with Crippen LogP contribution < -0.4 is 26.6 Å². The van der Waals surface area contributed by atoms with E-state index in [0.29, 0.717) is 46.8 Å². The highest BCUT2D eigenvalue weighted by Crippen LogP contribution is 2.43. The summed E-state index contributed by atoms with van der Waals surface area (Å²) in [6.07, 6.45) is 8.24. The van der Waals surface area contributed by atoms with Crippen molar-refractivity contribution in [3.8, 4) is 0 Å². The molecule has 3 aliphatic rings. The Labute approximate surface area is 265 Å². The molecule has 3 aromatic rings. The largest absolute Gasteiger partial charge is 0.378 e. The van der Waals surface area contributed by atoms with Crippen molar-refractivity contribution in [1.29, 1.82) is 0 Å². The van der Waals surface area contributed by atoms with Gasteiger partial charge in [0.25, 0.3) is 5.91 Å². The minimum atomic E-state index is -0.620. The number of rotatable bonds is 10. The molecule has 0 saturated carbocycles. The van der Waals surface area contributed by atoms with Gasteiger partial charge in [0, 0.05) is 37.2 Å². The van der Waals surface area contributed by atoms with Crippen molar-refractivity contribution < 1.29 is 9.53 Å². The van der Waals surface area contributed by atoms with Crippen LogP contribution in [0.1, 0.15) is 55.6 Å². The summed E-state index contributed by atoms with van der Waals surface area (Å²) in [5.74, 6) is 0.907. The van der Waals surface area contributed by atoms with Gasteiger partial charge in [-0.3, -0.25) is 9.69 Å². The van der Waals surface area contributed by atoms with Gasteiger partial charge in [0.2, 0.25) is 5.95 Å². The Morgan fingerprint density at radius 1 is 1.04 bits per heavy atom. The fourth-order valence-corrected chi connectivity index (χ4v) is 6.37. The molecule has 0 atom stereocenters. The molecule has 1 amide bonds. The first-order valence-electron chi connectivity index (χ1n) is 15.9. The number of carbonyl (C=O) groups is 1. The minimum absolute atomic E-state index is 0.294. The summed E-state index contributed by atoms with van der Waals surface area (Å²) in [6.45, 7) is 14.2. The number of benzene rings is 1. The van der Waals surface area contributed by atoms with Crippen LogP contribution in [0.3, 0.4) is 0 Å². The zero-order chi connectivity index (χ0) is 31.4. The highest BCUT2D eigenvalue weighted by molar-refractivity contribution is 5.99. The average Bonchev–Trinajstić information content (AvgIpc) is 3.01. The molecule has 11 nitrogen and oxygen atoms in total. The molecule has 1 spiro atoms. The molecule has 3 saturated heterocycles. The lowest BCUT2D eigenvalue weighted by atomic mass is 9.71. The second kappa shape index (κ2) is 13.1. The number of piperidine rings is 2. The number of anilines is 5. The molecule has 11 heteroatoms. The van der Waals surface area contributed by atoms with E-state index in [0.717, 1.165) is 32.0 Å². The maximum atomic E-state index is 12.9. The lowest BCUT2D eigenvalue weighted by Gasteiger charge is -2.50. The monoisotopic (exact) mass is 611 g/mol. The van der Waals surface area contributed by atoms with Crippen LogP contribution in [0.25, 0.3) is 0 Å². The highest BCUT2D eigenvalue weighted by atomic mass is 16.5. The van der Waals surface area contributed by atoms with Crippen LogP contribution in [0.5, 0.6) is 0 Å². The number of hydrogen-bond acceptors (Lipinski definition) is 10. The number of likely N-dealkylation sites (tertiary alicyclic amines) is 1. The van der Waals surface area contributed by atoms with Gasteiger partial charge < -0.3 is 31.3 Å². The smallest absolute Gasteiger partial charge is 0.256 e. The van der Waals surface area contributed by atoms with E-state index < -0.39 is 5.54 Å². The Balaban J connectivity index is 1.11. The predicted molar refractivity (Wildman–Crippen MR) is 178 cm³/mol. The van der Waals surface area contributed by atoms with Gasteiger partial charge in [-0.2, -0.15) is 4.98 Å². The highest BCUT2D eigenvalue weighted by Gasteiger charge is 2.40. The molecule has 3 fully saturated rings. The molecule has 0 aliphatic carbocycles. The van der Waals surface area contributed by atoms with Crippen molar-refractivity contribution in [3.63, 3.8) is 0 Å². The van der Waals surface area contributed by atoms with Crippen molar-refractivity contribution in [2.24, 2.45) is 11.1 Å². The molecule has 6 rings (SSSR count). The molecule has 238 valence electrons. The molecular weight excluding hydrogens is 566 g/mol. The van der Waals surface area contributed by atoms with E-state index in [2.05, 4.69) is 71.5 Å². The Morgan fingerprint density at radius 3 is 2.40 bits per heavy atom. The van der Waals surface area contributed by atoms with Crippen LogP contribution in [-0.4, -0.2) is 77.7 Å². The molecule has 1 aromatic carbocycles. The lowest BCUT2D eigenvalue weighted by Crippen LogP contribution is -2.54. The van der Waals surface area contributed by atoms with Crippen molar-refractivity contribution in [1.82, 2.24) is 25.2 Å². The summed E-state index contributed by atoms with van der Waals surface area (Å²) in [5.41, 5.74) is 9.24. The molecule has 2 aromatic heterocycles. The van der Waals surface area contributed by atoms with Crippen LogP contribution >= 0.6 is 0 Å². The number of nitrogens with one attached hydrogen (secondary N) is 3. The number of pyridine rings is 1. The van der Waals surface area contributed by atoms with Crippen LogP contribution in [0.2, 0.25) is 0 Å². The van der Waals surface area contributed by atoms with Gasteiger partial charge in [-0.25, -0.2) is 9.97 Å². The first kappa shape index (κ1) is 30.9. The van der Waals surface area contributed by atoms with Crippen LogP contribution in [0.4, 0.5) is 29.0 Å². The molecule has 3 aliphatic heterocycles. The molecule has 5 N–H and O–H groups in total. The minimum Gasteiger partial charge on any atom is -0.378 e. The quantitative estimate of drug-likeness (QED) is 0.242. The first-order valence-corrected chi connectivity index (χ1v) is 15.9. The third kappa shape index (κ3) is 7.27. The number of aromatic nitrogens is 3. The van der Waals surface area contributed by atoms with E-state index in [4.69, 9.17) is 10.5 Å². The van der Waals surface area contributed by atoms with E-state index in [9.17, 15) is 4.79 Å². The summed E-state index contributed by atoms with van der Waals surface area (Å²) in [6, 6.07) is 14.6. The van der Waals surface area contributed by atoms with Gasteiger partial charge >= 0.3 is 0 Å². The van der Waals surface area contributed by atoms with Crippen molar-refractivity contribution >= 4 is 34.9 Å².